The molecule has 4 nitrogen and oxygen atoms in total. The highest BCUT2D eigenvalue weighted by molar-refractivity contribution is 5.91. The number of aromatic hydroxyl groups is 1. The normalized spacial score (nSPS) is 15.6. The fourth-order valence-corrected chi connectivity index (χ4v) is 1.65. The molecule has 0 atom stereocenters. The minimum Gasteiger partial charge on any atom is -0.508 e. The molecule has 1 aromatic rings. The summed E-state index contributed by atoms with van der Waals surface area (Å²) in [6, 6.07) is 4.90. The van der Waals surface area contributed by atoms with Crippen molar-refractivity contribution in [3.8, 4) is 5.75 Å². The molecule has 0 unspecified atom stereocenters. The molecule has 2 N–H and O–H groups in total. The smallest absolute Gasteiger partial charge is 0.224 e. The van der Waals surface area contributed by atoms with E-state index in [1.165, 1.54) is 0 Å². The van der Waals surface area contributed by atoms with Gasteiger partial charge in [0.25, 0.3) is 0 Å². The average Bonchev–Trinajstić information content (AvgIpc) is 2.16. The number of phenols is 1. The van der Waals surface area contributed by atoms with Gasteiger partial charge in [-0.15, -0.1) is 0 Å². The Balaban J connectivity index is 1.94. The Morgan fingerprint density at radius 3 is 2.88 bits per heavy atom. The van der Waals surface area contributed by atoms with Crippen LogP contribution in [-0.4, -0.2) is 24.2 Å². The molecule has 0 radical (unpaired) electrons. The number of amides is 1. The second kappa shape index (κ2) is 4.53. The number of rotatable bonds is 3. The summed E-state index contributed by atoms with van der Waals surface area (Å²) in [6.45, 7) is 3.21. The average molecular weight is 221 g/mol. The lowest BCUT2D eigenvalue weighted by Crippen LogP contribution is -2.31. The number of anilines is 1. The Kier molecular flexibility index (Phi) is 3.10. The molecular weight excluding hydrogens is 206 g/mol. The van der Waals surface area contributed by atoms with Crippen molar-refractivity contribution >= 4 is 11.6 Å². The topological polar surface area (TPSA) is 58.6 Å². The zero-order valence-corrected chi connectivity index (χ0v) is 9.19. The molecule has 0 bridgehead atoms. The van der Waals surface area contributed by atoms with Gasteiger partial charge >= 0.3 is 0 Å². The fourth-order valence-electron chi connectivity index (χ4n) is 1.65. The van der Waals surface area contributed by atoms with Crippen molar-refractivity contribution in [2.24, 2.45) is 5.92 Å². The first-order chi connectivity index (χ1) is 7.65. The molecular formula is C12H15NO3. The van der Waals surface area contributed by atoms with Gasteiger partial charge in [0.05, 0.1) is 13.2 Å². The van der Waals surface area contributed by atoms with Crippen molar-refractivity contribution < 1.29 is 14.6 Å². The SMILES string of the molecule is Cc1cc(O)ccc1NC(=O)CC1COC1. The van der Waals surface area contributed by atoms with E-state index < -0.39 is 0 Å². The molecule has 16 heavy (non-hydrogen) atoms. The standard InChI is InChI=1S/C12H15NO3/c1-8-4-10(14)2-3-11(8)13-12(15)5-9-6-16-7-9/h2-4,9,14H,5-7H2,1H3,(H,13,15). The number of carbonyl (C=O) groups is 1. The van der Waals surface area contributed by atoms with Crippen LogP contribution in [0.1, 0.15) is 12.0 Å². The molecule has 1 heterocycles. The van der Waals surface area contributed by atoms with Gasteiger partial charge in [-0.1, -0.05) is 0 Å². The lowest BCUT2D eigenvalue weighted by Gasteiger charge is -2.25. The van der Waals surface area contributed by atoms with E-state index in [2.05, 4.69) is 5.32 Å². The Morgan fingerprint density at radius 2 is 2.31 bits per heavy atom. The van der Waals surface area contributed by atoms with Gasteiger partial charge in [0.2, 0.25) is 5.91 Å². The van der Waals surface area contributed by atoms with Crippen LogP contribution in [0, 0.1) is 12.8 Å². The fraction of sp³-hybridized carbons (Fsp3) is 0.417. The van der Waals surface area contributed by atoms with E-state index in [1.807, 2.05) is 6.92 Å². The van der Waals surface area contributed by atoms with E-state index in [0.717, 1.165) is 11.3 Å². The highest BCUT2D eigenvalue weighted by atomic mass is 16.5. The number of hydrogen-bond acceptors (Lipinski definition) is 3. The Hall–Kier alpha value is -1.55. The summed E-state index contributed by atoms with van der Waals surface area (Å²) in [5.74, 6) is 0.572. The minimum atomic E-state index is 0.00193. The van der Waals surface area contributed by atoms with Crippen LogP contribution in [0.2, 0.25) is 0 Å². The summed E-state index contributed by atoms with van der Waals surface area (Å²) in [5.41, 5.74) is 1.61. The van der Waals surface area contributed by atoms with Crippen molar-refractivity contribution in [2.75, 3.05) is 18.5 Å². The van der Waals surface area contributed by atoms with Gasteiger partial charge in [-0.05, 0) is 30.7 Å². The lowest BCUT2D eigenvalue weighted by atomic mass is 10.0. The van der Waals surface area contributed by atoms with Crippen LogP contribution in [0.4, 0.5) is 5.69 Å². The summed E-state index contributed by atoms with van der Waals surface area (Å²) >= 11 is 0. The maximum Gasteiger partial charge on any atom is 0.224 e. The summed E-state index contributed by atoms with van der Waals surface area (Å²) in [7, 11) is 0. The number of carbonyl (C=O) groups excluding carboxylic acids is 1. The molecule has 86 valence electrons. The zero-order valence-electron chi connectivity index (χ0n) is 9.19. The Labute approximate surface area is 94.2 Å². The van der Waals surface area contributed by atoms with E-state index in [-0.39, 0.29) is 11.7 Å². The van der Waals surface area contributed by atoms with Crippen molar-refractivity contribution in [3.05, 3.63) is 23.8 Å². The predicted octanol–water partition coefficient (Wildman–Crippen LogP) is 1.68. The number of hydrogen-bond donors (Lipinski definition) is 2. The predicted molar refractivity (Wildman–Crippen MR) is 60.4 cm³/mol. The van der Waals surface area contributed by atoms with E-state index >= 15 is 0 Å². The van der Waals surface area contributed by atoms with E-state index in [1.54, 1.807) is 18.2 Å². The summed E-state index contributed by atoms with van der Waals surface area (Å²) < 4.78 is 5.01. The number of phenolic OH excluding ortho intramolecular Hbond substituents is 1. The van der Waals surface area contributed by atoms with Crippen molar-refractivity contribution in [3.63, 3.8) is 0 Å². The first-order valence-corrected chi connectivity index (χ1v) is 5.32. The first kappa shape index (κ1) is 11.0. The second-order valence-electron chi connectivity index (χ2n) is 4.16. The third-order valence-electron chi connectivity index (χ3n) is 2.67. The number of nitrogens with one attached hydrogen (secondary N) is 1. The quantitative estimate of drug-likeness (QED) is 0.763. The Bertz CT molecular complexity index is 399. The summed E-state index contributed by atoms with van der Waals surface area (Å²) in [5, 5.41) is 12.1. The van der Waals surface area contributed by atoms with Gasteiger partial charge in [-0.2, -0.15) is 0 Å². The molecule has 0 aliphatic carbocycles. The molecule has 1 saturated heterocycles. The van der Waals surface area contributed by atoms with Gasteiger partial charge in [0.1, 0.15) is 5.75 Å². The molecule has 4 heteroatoms. The van der Waals surface area contributed by atoms with E-state index in [4.69, 9.17) is 4.74 Å². The van der Waals surface area contributed by atoms with E-state index in [9.17, 15) is 9.90 Å². The molecule has 1 aliphatic heterocycles. The molecule has 1 fully saturated rings. The van der Waals surface area contributed by atoms with E-state index in [0.29, 0.717) is 25.6 Å². The van der Waals surface area contributed by atoms with Gasteiger partial charge < -0.3 is 15.2 Å². The van der Waals surface area contributed by atoms with Gasteiger partial charge in [-0.3, -0.25) is 4.79 Å². The lowest BCUT2D eigenvalue weighted by molar-refractivity contribution is -0.121. The third-order valence-corrected chi connectivity index (χ3v) is 2.67. The number of benzene rings is 1. The zero-order chi connectivity index (χ0) is 11.5. The molecule has 2 rings (SSSR count). The van der Waals surface area contributed by atoms with Gasteiger partial charge in [0, 0.05) is 18.0 Å². The van der Waals surface area contributed by atoms with Crippen LogP contribution in [0.15, 0.2) is 18.2 Å². The number of ether oxygens (including phenoxy) is 1. The van der Waals surface area contributed by atoms with Crippen molar-refractivity contribution in [2.45, 2.75) is 13.3 Å². The molecule has 1 aromatic carbocycles. The summed E-state index contributed by atoms with van der Waals surface area (Å²) in [4.78, 5) is 11.6. The molecule has 0 saturated carbocycles. The second-order valence-corrected chi connectivity index (χ2v) is 4.16. The van der Waals surface area contributed by atoms with Crippen LogP contribution in [0.25, 0.3) is 0 Å². The van der Waals surface area contributed by atoms with Gasteiger partial charge in [-0.25, -0.2) is 0 Å². The highest BCUT2D eigenvalue weighted by Crippen LogP contribution is 2.21. The van der Waals surface area contributed by atoms with Crippen LogP contribution >= 0.6 is 0 Å². The monoisotopic (exact) mass is 221 g/mol. The van der Waals surface area contributed by atoms with Crippen LogP contribution < -0.4 is 5.32 Å². The van der Waals surface area contributed by atoms with Crippen LogP contribution in [0.3, 0.4) is 0 Å². The highest BCUT2D eigenvalue weighted by Gasteiger charge is 2.21. The van der Waals surface area contributed by atoms with Crippen molar-refractivity contribution in [1.29, 1.82) is 0 Å². The maximum absolute atomic E-state index is 11.6. The maximum atomic E-state index is 11.6. The summed E-state index contributed by atoms with van der Waals surface area (Å²) in [6.07, 6.45) is 0.500. The minimum absolute atomic E-state index is 0.00193. The van der Waals surface area contributed by atoms with Crippen LogP contribution in [-0.2, 0) is 9.53 Å². The number of aryl methyl sites for hydroxylation is 1. The Morgan fingerprint density at radius 1 is 1.56 bits per heavy atom. The largest absolute Gasteiger partial charge is 0.508 e. The first-order valence-electron chi connectivity index (χ1n) is 5.32. The molecule has 1 aliphatic rings. The third kappa shape index (κ3) is 2.52. The van der Waals surface area contributed by atoms with Crippen molar-refractivity contribution in [1.82, 2.24) is 0 Å². The molecule has 0 aromatic heterocycles. The van der Waals surface area contributed by atoms with Crippen LogP contribution in [0.5, 0.6) is 5.75 Å². The van der Waals surface area contributed by atoms with Gasteiger partial charge in [0.15, 0.2) is 0 Å². The molecule has 0 spiro atoms. The molecule has 1 amide bonds.